The molecule has 2 heterocycles. The van der Waals surface area contributed by atoms with Crippen molar-refractivity contribution in [3.63, 3.8) is 0 Å². The number of likely N-dealkylation sites (tertiary alicyclic amines) is 1. The van der Waals surface area contributed by atoms with Crippen LogP contribution in [0.2, 0.25) is 0 Å². The summed E-state index contributed by atoms with van der Waals surface area (Å²) in [5.74, 6) is 0.0903. The van der Waals surface area contributed by atoms with E-state index in [1.54, 1.807) is 0 Å². The molecule has 3 aliphatic rings. The number of hydrogen-bond donors (Lipinski definition) is 2. The van der Waals surface area contributed by atoms with Gasteiger partial charge in [-0.25, -0.2) is 0 Å². The van der Waals surface area contributed by atoms with E-state index in [0.29, 0.717) is 26.2 Å². The van der Waals surface area contributed by atoms with Crippen molar-refractivity contribution in [3.8, 4) is 0 Å². The standard InChI is InChI=1S/C16H28N2O4.ClH/c1-2-21-14-9-13(19)16(14)5-7-18(8-6-16)15(20)12-4-3-11(10-17)22-12;/h11-14,19H,2-10,17H2,1H3;1H/t11-,12+,13?,14?;/m1./s1. The Kier molecular flexibility index (Phi) is 6.30. The zero-order chi connectivity index (χ0) is 15.7. The summed E-state index contributed by atoms with van der Waals surface area (Å²) in [5.41, 5.74) is 5.47. The van der Waals surface area contributed by atoms with Gasteiger partial charge in [-0.1, -0.05) is 0 Å². The number of aliphatic hydroxyl groups is 1. The third-order valence-corrected chi connectivity index (χ3v) is 5.76. The summed E-state index contributed by atoms with van der Waals surface area (Å²) in [4.78, 5) is 14.4. The summed E-state index contributed by atoms with van der Waals surface area (Å²) >= 11 is 0. The Bertz CT molecular complexity index is 413. The fraction of sp³-hybridized carbons (Fsp3) is 0.938. The molecular weight excluding hydrogens is 320 g/mol. The highest BCUT2D eigenvalue weighted by Crippen LogP contribution is 2.51. The van der Waals surface area contributed by atoms with Crippen molar-refractivity contribution < 1.29 is 19.4 Å². The van der Waals surface area contributed by atoms with Crippen LogP contribution in [0.25, 0.3) is 0 Å². The van der Waals surface area contributed by atoms with E-state index in [0.717, 1.165) is 32.1 Å². The highest BCUT2D eigenvalue weighted by atomic mass is 35.5. The lowest BCUT2D eigenvalue weighted by molar-refractivity contribution is -0.211. The van der Waals surface area contributed by atoms with Crippen LogP contribution in [0, 0.1) is 5.41 Å². The molecule has 23 heavy (non-hydrogen) atoms. The van der Waals surface area contributed by atoms with E-state index in [1.807, 2.05) is 11.8 Å². The highest BCUT2D eigenvalue weighted by molar-refractivity contribution is 5.85. The van der Waals surface area contributed by atoms with E-state index in [4.69, 9.17) is 15.2 Å². The lowest BCUT2D eigenvalue weighted by Crippen LogP contribution is -2.63. The molecule has 3 N–H and O–H groups in total. The van der Waals surface area contributed by atoms with Crippen LogP contribution in [-0.2, 0) is 14.3 Å². The van der Waals surface area contributed by atoms with Crippen LogP contribution in [0.4, 0.5) is 0 Å². The largest absolute Gasteiger partial charge is 0.392 e. The monoisotopic (exact) mass is 348 g/mol. The van der Waals surface area contributed by atoms with Crippen molar-refractivity contribution in [2.75, 3.05) is 26.2 Å². The average molecular weight is 349 g/mol. The molecule has 0 aromatic heterocycles. The molecule has 1 saturated carbocycles. The third kappa shape index (κ3) is 3.37. The van der Waals surface area contributed by atoms with E-state index in [9.17, 15) is 9.90 Å². The molecule has 0 aromatic carbocycles. The van der Waals surface area contributed by atoms with Crippen molar-refractivity contribution in [1.29, 1.82) is 0 Å². The molecule has 6 nitrogen and oxygen atoms in total. The van der Waals surface area contributed by atoms with Crippen LogP contribution in [-0.4, -0.2) is 66.6 Å². The van der Waals surface area contributed by atoms with Crippen LogP contribution in [0.15, 0.2) is 0 Å². The van der Waals surface area contributed by atoms with E-state index < -0.39 is 0 Å². The first-order chi connectivity index (χ1) is 10.6. The third-order valence-electron chi connectivity index (χ3n) is 5.76. The second-order valence-electron chi connectivity index (χ2n) is 6.81. The number of hydrogen-bond acceptors (Lipinski definition) is 5. The predicted molar refractivity (Wildman–Crippen MR) is 88.5 cm³/mol. The van der Waals surface area contributed by atoms with E-state index in [2.05, 4.69) is 0 Å². The summed E-state index contributed by atoms with van der Waals surface area (Å²) in [6, 6.07) is 0. The normalized spacial score (nSPS) is 35.7. The Morgan fingerprint density at radius 3 is 2.61 bits per heavy atom. The van der Waals surface area contributed by atoms with Gasteiger partial charge >= 0.3 is 0 Å². The number of amides is 1. The number of aliphatic hydroxyl groups excluding tert-OH is 1. The van der Waals surface area contributed by atoms with Crippen LogP contribution < -0.4 is 5.73 Å². The van der Waals surface area contributed by atoms with Crippen molar-refractivity contribution >= 4 is 18.3 Å². The molecule has 0 aromatic rings. The van der Waals surface area contributed by atoms with Gasteiger partial charge < -0.3 is 25.2 Å². The molecule has 0 bridgehead atoms. The number of piperidine rings is 1. The second kappa shape index (κ2) is 7.66. The minimum Gasteiger partial charge on any atom is -0.392 e. The van der Waals surface area contributed by atoms with E-state index >= 15 is 0 Å². The first-order valence-corrected chi connectivity index (χ1v) is 8.54. The Labute approximate surface area is 144 Å². The van der Waals surface area contributed by atoms with Crippen molar-refractivity contribution in [1.82, 2.24) is 4.90 Å². The van der Waals surface area contributed by atoms with E-state index in [-0.39, 0.29) is 48.1 Å². The molecule has 2 aliphatic heterocycles. The first-order valence-electron chi connectivity index (χ1n) is 8.54. The lowest BCUT2D eigenvalue weighted by atomic mass is 9.58. The molecular formula is C16H29ClN2O4. The van der Waals surface area contributed by atoms with Gasteiger partial charge in [0, 0.05) is 38.1 Å². The van der Waals surface area contributed by atoms with Crippen LogP contribution in [0.3, 0.4) is 0 Å². The van der Waals surface area contributed by atoms with Gasteiger partial charge in [-0.2, -0.15) is 0 Å². The fourth-order valence-corrected chi connectivity index (χ4v) is 4.22. The maximum absolute atomic E-state index is 12.5. The molecule has 134 valence electrons. The van der Waals surface area contributed by atoms with Crippen LogP contribution in [0.1, 0.15) is 39.0 Å². The molecule has 1 spiro atoms. The number of nitrogens with two attached hydrogens (primary N) is 1. The maximum atomic E-state index is 12.5. The van der Waals surface area contributed by atoms with Gasteiger partial charge in [0.2, 0.25) is 0 Å². The van der Waals surface area contributed by atoms with Crippen LogP contribution in [0.5, 0.6) is 0 Å². The molecule has 4 atom stereocenters. The first kappa shape index (κ1) is 18.9. The van der Waals surface area contributed by atoms with Gasteiger partial charge in [0.1, 0.15) is 6.10 Å². The van der Waals surface area contributed by atoms with Gasteiger partial charge in [-0.15, -0.1) is 12.4 Å². The summed E-state index contributed by atoms with van der Waals surface area (Å²) < 4.78 is 11.5. The Morgan fingerprint density at radius 1 is 1.39 bits per heavy atom. The number of nitrogens with zero attached hydrogens (tertiary/aromatic N) is 1. The Balaban J connectivity index is 0.00000192. The number of ether oxygens (including phenoxy) is 2. The SMILES string of the molecule is CCOC1CC(O)C12CCN(C(=O)[C@@H]1CC[C@H](CN)O1)CC2.Cl. The Morgan fingerprint density at radius 2 is 2.09 bits per heavy atom. The number of carbonyl (C=O) groups is 1. The molecule has 3 rings (SSSR count). The molecule has 2 unspecified atom stereocenters. The molecule has 3 fully saturated rings. The second-order valence-corrected chi connectivity index (χ2v) is 6.81. The maximum Gasteiger partial charge on any atom is 0.251 e. The summed E-state index contributed by atoms with van der Waals surface area (Å²) in [6.45, 7) is 4.52. The van der Waals surface area contributed by atoms with Crippen molar-refractivity contribution in [2.24, 2.45) is 11.1 Å². The molecule has 1 amide bonds. The van der Waals surface area contributed by atoms with Crippen molar-refractivity contribution in [3.05, 3.63) is 0 Å². The Hall–Kier alpha value is -0.400. The number of carbonyl (C=O) groups excluding carboxylic acids is 1. The zero-order valence-corrected chi connectivity index (χ0v) is 14.6. The minimum absolute atomic E-state index is 0. The van der Waals surface area contributed by atoms with Gasteiger partial charge in [0.25, 0.3) is 5.91 Å². The highest BCUT2D eigenvalue weighted by Gasteiger charge is 2.56. The number of halogens is 1. The topological polar surface area (TPSA) is 85.0 Å². The summed E-state index contributed by atoms with van der Waals surface area (Å²) in [7, 11) is 0. The predicted octanol–water partition coefficient (Wildman–Crippen LogP) is 0.693. The summed E-state index contributed by atoms with van der Waals surface area (Å²) in [5, 5.41) is 10.2. The van der Waals surface area contributed by atoms with Crippen LogP contribution >= 0.6 is 12.4 Å². The number of rotatable bonds is 4. The van der Waals surface area contributed by atoms with Gasteiger partial charge in [-0.3, -0.25) is 4.79 Å². The molecule has 7 heteroatoms. The quantitative estimate of drug-likeness (QED) is 0.781. The minimum atomic E-state index is -0.323. The molecule has 1 aliphatic carbocycles. The smallest absolute Gasteiger partial charge is 0.251 e. The van der Waals surface area contributed by atoms with Gasteiger partial charge in [-0.05, 0) is 32.6 Å². The van der Waals surface area contributed by atoms with E-state index in [1.165, 1.54) is 0 Å². The fourth-order valence-electron chi connectivity index (χ4n) is 4.22. The average Bonchev–Trinajstić information content (AvgIpc) is 3.03. The molecule has 2 saturated heterocycles. The zero-order valence-electron chi connectivity index (χ0n) is 13.8. The lowest BCUT2D eigenvalue weighted by Gasteiger charge is -2.56. The van der Waals surface area contributed by atoms with Gasteiger partial charge in [0.05, 0.1) is 18.3 Å². The van der Waals surface area contributed by atoms with Crippen molar-refractivity contribution in [2.45, 2.75) is 63.4 Å². The summed E-state index contributed by atoms with van der Waals surface area (Å²) in [6.07, 6.45) is 3.57. The molecule has 0 radical (unpaired) electrons. The van der Waals surface area contributed by atoms with Gasteiger partial charge in [0.15, 0.2) is 0 Å².